The Morgan fingerprint density at radius 3 is 2.85 bits per heavy atom. The third-order valence-electron chi connectivity index (χ3n) is 4.85. The molecule has 1 N–H and O–H groups in total. The summed E-state index contributed by atoms with van der Waals surface area (Å²) in [7, 11) is 0. The Morgan fingerprint density at radius 1 is 1.23 bits per heavy atom. The lowest BCUT2D eigenvalue weighted by Crippen LogP contribution is -2.36. The molecule has 1 aromatic rings. The van der Waals surface area contributed by atoms with Gasteiger partial charge in [-0.1, -0.05) is 6.42 Å². The standard InChI is InChI=1S/C19H22N2O5/c1-12-14-9-13(6-7-15(14)20-19(12)25)16(22)11-26-18(24)10-21-8-4-2-3-5-17(21)23/h6-7,9,12H,2-5,8,10-11H2,1H3,(H,20,25)/t12-/m0/s1. The lowest BCUT2D eigenvalue weighted by atomic mass is 9.99. The molecule has 0 bridgehead atoms. The highest BCUT2D eigenvalue weighted by Crippen LogP contribution is 2.32. The predicted molar refractivity (Wildman–Crippen MR) is 93.8 cm³/mol. The van der Waals surface area contributed by atoms with E-state index in [2.05, 4.69) is 5.32 Å². The molecular weight excluding hydrogens is 336 g/mol. The van der Waals surface area contributed by atoms with Gasteiger partial charge in [0.25, 0.3) is 0 Å². The molecule has 0 aliphatic carbocycles. The number of anilines is 1. The smallest absolute Gasteiger partial charge is 0.326 e. The second kappa shape index (κ2) is 7.68. The first-order valence-electron chi connectivity index (χ1n) is 8.87. The van der Waals surface area contributed by atoms with Crippen molar-refractivity contribution in [1.29, 1.82) is 0 Å². The number of likely N-dealkylation sites (tertiary alicyclic amines) is 1. The highest BCUT2D eigenvalue weighted by Gasteiger charge is 2.27. The van der Waals surface area contributed by atoms with Gasteiger partial charge >= 0.3 is 5.97 Å². The third kappa shape index (κ3) is 3.92. The minimum atomic E-state index is -0.583. The fourth-order valence-corrected chi connectivity index (χ4v) is 3.23. The maximum atomic E-state index is 12.3. The summed E-state index contributed by atoms with van der Waals surface area (Å²) in [6.45, 7) is 1.82. The number of ether oxygens (including phenoxy) is 1. The molecule has 1 saturated heterocycles. The zero-order chi connectivity index (χ0) is 18.7. The van der Waals surface area contributed by atoms with Gasteiger partial charge in [0.05, 0.1) is 5.92 Å². The van der Waals surface area contributed by atoms with E-state index in [1.807, 2.05) is 0 Å². The van der Waals surface area contributed by atoms with Gasteiger partial charge in [0.1, 0.15) is 6.54 Å². The molecule has 2 aliphatic heterocycles. The average Bonchev–Trinajstić information content (AvgIpc) is 2.77. The van der Waals surface area contributed by atoms with Crippen LogP contribution in [0, 0.1) is 0 Å². The molecule has 0 spiro atoms. The third-order valence-corrected chi connectivity index (χ3v) is 4.85. The molecule has 2 amide bonds. The van der Waals surface area contributed by atoms with Crippen LogP contribution in [0.5, 0.6) is 0 Å². The molecule has 0 saturated carbocycles. The number of fused-ring (bicyclic) bond motifs is 1. The second-order valence-corrected chi connectivity index (χ2v) is 6.72. The Balaban J connectivity index is 1.55. The van der Waals surface area contributed by atoms with E-state index in [-0.39, 0.29) is 36.7 Å². The lowest BCUT2D eigenvalue weighted by Gasteiger charge is -2.19. The van der Waals surface area contributed by atoms with Crippen molar-refractivity contribution in [2.24, 2.45) is 0 Å². The maximum Gasteiger partial charge on any atom is 0.326 e. The number of ketones is 1. The van der Waals surface area contributed by atoms with Gasteiger partial charge in [-0.05, 0) is 43.5 Å². The van der Waals surface area contributed by atoms with Crippen LogP contribution in [0.2, 0.25) is 0 Å². The van der Waals surface area contributed by atoms with Crippen molar-refractivity contribution in [3.63, 3.8) is 0 Å². The number of hydrogen-bond acceptors (Lipinski definition) is 5. The molecule has 1 aromatic carbocycles. The molecule has 1 atom stereocenters. The molecule has 3 rings (SSSR count). The van der Waals surface area contributed by atoms with Crippen LogP contribution in [0.4, 0.5) is 5.69 Å². The van der Waals surface area contributed by atoms with E-state index in [1.165, 1.54) is 4.90 Å². The number of carbonyl (C=O) groups is 4. The van der Waals surface area contributed by atoms with E-state index in [4.69, 9.17) is 4.74 Å². The Bertz CT molecular complexity index is 758. The van der Waals surface area contributed by atoms with Crippen LogP contribution in [-0.4, -0.2) is 48.2 Å². The van der Waals surface area contributed by atoms with Crippen molar-refractivity contribution in [2.75, 3.05) is 25.0 Å². The number of rotatable bonds is 5. The summed E-state index contributed by atoms with van der Waals surface area (Å²) < 4.78 is 5.05. The van der Waals surface area contributed by atoms with Crippen molar-refractivity contribution in [2.45, 2.75) is 38.5 Å². The second-order valence-electron chi connectivity index (χ2n) is 6.72. The van der Waals surface area contributed by atoms with Crippen LogP contribution >= 0.6 is 0 Å². The predicted octanol–water partition coefficient (Wildman–Crippen LogP) is 1.87. The van der Waals surface area contributed by atoms with E-state index < -0.39 is 5.97 Å². The number of benzene rings is 1. The first-order chi connectivity index (χ1) is 12.5. The van der Waals surface area contributed by atoms with Crippen LogP contribution in [0.1, 0.15) is 54.4 Å². The summed E-state index contributed by atoms with van der Waals surface area (Å²) in [5.41, 5.74) is 1.86. The van der Waals surface area contributed by atoms with Crippen molar-refractivity contribution in [1.82, 2.24) is 4.90 Å². The minimum Gasteiger partial charge on any atom is -0.456 e. The highest BCUT2D eigenvalue weighted by atomic mass is 16.5. The molecule has 0 radical (unpaired) electrons. The van der Waals surface area contributed by atoms with Crippen LogP contribution in [0.25, 0.3) is 0 Å². The van der Waals surface area contributed by atoms with E-state index in [0.717, 1.165) is 24.8 Å². The lowest BCUT2D eigenvalue weighted by molar-refractivity contribution is -0.148. The Kier molecular flexibility index (Phi) is 5.35. The molecule has 2 aliphatic rings. The number of esters is 1. The van der Waals surface area contributed by atoms with Crippen LogP contribution in [0.15, 0.2) is 18.2 Å². The largest absolute Gasteiger partial charge is 0.456 e. The first-order valence-corrected chi connectivity index (χ1v) is 8.87. The van der Waals surface area contributed by atoms with Crippen molar-refractivity contribution < 1.29 is 23.9 Å². The minimum absolute atomic E-state index is 0.0458. The van der Waals surface area contributed by atoms with Gasteiger partial charge in [-0.3, -0.25) is 19.2 Å². The number of amides is 2. The molecule has 26 heavy (non-hydrogen) atoms. The molecule has 2 heterocycles. The molecule has 0 unspecified atom stereocenters. The quantitative estimate of drug-likeness (QED) is 0.641. The molecule has 0 aromatic heterocycles. The monoisotopic (exact) mass is 358 g/mol. The normalized spacial score (nSPS) is 19.6. The zero-order valence-electron chi connectivity index (χ0n) is 14.7. The van der Waals surface area contributed by atoms with Crippen molar-refractivity contribution in [3.05, 3.63) is 29.3 Å². The van der Waals surface area contributed by atoms with E-state index in [1.54, 1.807) is 25.1 Å². The molecule has 138 valence electrons. The van der Waals surface area contributed by atoms with Crippen LogP contribution < -0.4 is 5.32 Å². The first kappa shape index (κ1) is 18.1. The van der Waals surface area contributed by atoms with Gasteiger partial charge < -0.3 is 15.0 Å². The van der Waals surface area contributed by atoms with E-state index >= 15 is 0 Å². The highest BCUT2D eigenvalue weighted by molar-refractivity contribution is 6.05. The fraction of sp³-hybridized carbons (Fsp3) is 0.474. The molecule has 1 fully saturated rings. The Morgan fingerprint density at radius 2 is 2.04 bits per heavy atom. The van der Waals surface area contributed by atoms with Crippen LogP contribution in [0.3, 0.4) is 0 Å². The topological polar surface area (TPSA) is 92.8 Å². The average molecular weight is 358 g/mol. The van der Waals surface area contributed by atoms with Gasteiger partial charge in [0, 0.05) is 24.2 Å². The number of hydrogen-bond donors (Lipinski definition) is 1. The van der Waals surface area contributed by atoms with Gasteiger partial charge in [-0.25, -0.2) is 0 Å². The fourth-order valence-electron chi connectivity index (χ4n) is 3.23. The van der Waals surface area contributed by atoms with Gasteiger partial charge in [-0.15, -0.1) is 0 Å². The van der Waals surface area contributed by atoms with Crippen LogP contribution in [-0.2, 0) is 19.1 Å². The SMILES string of the molecule is C[C@@H]1C(=O)Nc2ccc(C(=O)COC(=O)CN3CCCCCC3=O)cc21. The van der Waals surface area contributed by atoms with Crippen molar-refractivity contribution in [3.8, 4) is 0 Å². The summed E-state index contributed by atoms with van der Waals surface area (Å²) in [5, 5.41) is 2.75. The van der Waals surface area contributed by atoms with Crippen molar-refractivity contribution >= 4 is 29.3 Å². The summed E-state index contributed by atoms with van der Waals surface area (Å²) in [6, 6.07) is 4.94. The summed E-state index contributed by atoms with van der Waals surface area (Å²) in [6.07, 6.45) is 3.14. The van der Waals surface area contributed by atoms with Gasteiger partial charge in [0.2, 0.25) is 11.8 Å². The summed E-state index contributed by atoms with van der Waals surface area (Å²) in [5.74, 6) is -1.38. The Hall–Kier alpha value is -2.70. The van der Waals surface area contributed by atoms with Gasteiger partial charge in [-0.2, -0.15) is 0 Å². The van der Waals surface area contributed by atoms with E-state index in [0.29, 0.717) is 24.2 Å². The number of nitrogens with one attached hydrogen (secondary N) is 1. The summed E-state index contributed by atoms with van der Waals surface area (Å²) >= 11 is 0. The number of nitrogens with zero attached hydrogens (tertiary/aromatic N) is 1. The molecule has 7 heteroatoms. The zero-order valence-corrected chi connectivity index (χ0v) is 14.7. The Labute approximate surface area is 151 Å². The number of Topliss-reactive ketones (excluding diaryl/α,β-unsaturated/α-hetero) is 1. The van der Waals surface area contributed by atoms with E-state index in [9.17, 15) is 19.2 Å². The molecular formula is C19H22N2O5. The maximum absolute atomic E-state index is 12.3. The summed E-state index contributed by atoms with van der Waals surface area (Å²) in [4.78, 5) is 49.3. The molecule has 7 nitrogen and oxygen atoms in total. The van der Waals surface area contributed by atoms with Gasteiger partial charge in [0.15, 0.2) is 12.4 Å². The number of carbonyl (C=O) groups excluding carboxylic acids is 4.